The molecule has 2 aromatic rings. The topological polar surface area (TPSA) is 74.8 Å². The highest BCUT2D eigenvalue weighted by Crippen LogP contribution is 2.57. The lowest BCUT2D eigenvalue weighted by atomic mass is 9.94. The molecule has 0 spiro atoms. The van der Waals surface area contributed by atoms with Gasteiger partial charge in [0, 0.05) is 34.2 Å². The second kappa shape index (κ2) is 13.9. The molecule has 0 bridgehead atoms. The monoisotopic (exact) mass is 672 g/mol. The minimum absolute atomic E-state index is 0.256. The number of likely N-dealkylation sites (N-methyl/N-ethyl adjacent to an activating group) is 2. The highest BCUT2D eigenvalue weighted by atomic mass is 35.5. The number of hydrogen-bond acceptors (Lipinski definition) is 7. The van der Waals surface area contributed by atoms with Gasteiger partial charge in [0.15, 0.2) is 0 Å². The van der Waals surface area contributed by atoms with Crippen LogP contribution >= 0.6 is 54.6 Å². The van der Waals surface area contributed by atoms with Gasteiger partial charge in [-0.3, -0.25) is 0 Å². The van der Waals surface area contributed by atoms with Crippen molar-refractivity contribution in [2.75, 3.05) is 25.6 Å². The molecular weight excluding hydrogens is 636 g/mol. The molecule has 0 aliphatic carbocycles. The molecule has 6 nitrogen and oxygen atoms in total. The lowest BCUT2D eigenvalue weighted by Crippen LogP contribution is -2.50. The molecule has 2 atom stereocenters. The average Bonchev–Trinajstić information content (AvgIpc) is 2.79. The van der Waals surface area contributed by atoms with Gasteiger partial charge in [-0.1, -0.05) is 82.9 Å². The van der Waals surface area contributed by atoms with E-state index in [0.29, 0.717) is 23.1 Å². The van der Waals surface area contributed by atoms with Crippen molar-refractivity contribution in [3.8, 4) is 0 Å². The molecule has 0 radical (unpaired) electrons. The highest BCUT2D eigenvalue weighted by molar-refractivity contribution is 9.09. The Hall–Kier alpha value is -0.110. The largest absolute Gasteiger partial charge is 0.212 e. The number of halogens is 2. The van der Waals surface area contributed by atoms with Crippen LogP contribution in [0, 0.1) is 0 Å². The van der Waals surface area contributed by atoms with E-state index in [2.05, 4.69) is 0 Å². The van der Waals surface area contributed by atoms with Crippen LogP contribution in [0.4, 0.5) is 0 Å². The van der Waals surface area contributed by atoms with Crippen molar-refractivity contribution in [1.82, 2.24) is 8.61 Å². The SMILES string of the molecule is CCN(C(C)(C)C(SSSC(c1ccc(Cl)cc1)C(C)(C)N(CC)S(C)(=O)=O)c1ccc(Cl)cc1)S(C)(=O)=O. The molecule has 39 heavy (non-hydrogen) atoms. The number of rotatable bonds is 14. The predicted molar refractivity (Wildman–Crippen MR) is 174 cm³/mol. The van der Waals surface area contributed by atoms with Gasteiger partial charge in [-0.2, -0.15) is 8.61 Å². The van der Waals surface area contributed by atoms with E-state index in [4.69, 9.17) is 23.2 Å². The number of nitrogens with zero attached hydrogens (tertiary/aromatic N) is 2. The van der Waals surface area contributed by atoms with Crippen LogP contribution in [0.1, 0.15) is 63.2 Å². The van der Waals surface area contributed by atoms with Crippen LogP contribution in [-0.4, -0.2) is 62.1 Å². The summed E-state index contributed by atoms with van der Waals surface area (Å²) in [5, 5.41) is 0.687. The summed E-state index contributed by atoms with van der Waals surface area (Å²) >= 11 is 12.3. The van der Waals surface area contributed by atoms with E-state index in [1.54, 1.807) is 45.9 Å². The molecule has 2 unspecified atom stereocenters. The molecule has 0 fully saturated rings. The van der Waals surface area contributed by atoms with Crippen molar-refractivity contribution in [2.45, 2.75) is 63.1 Å². The summed E-state index contributed by atoms with van der Waals surface area (Å²) in [6.45, 7) is 12.0. The molecule has 0 amide bonds. The van der Waals surface area contributed by atoms with Gasteiger partial charge in [0.05, 0.1) is 23.0 Å². The summed E-state index contributed by atoms with van der Waals surface area (Å²) in [5.41, 5.74) is 0.334. The van der Waals surface area contributed by atoms with Crippen molar-refractivity contribution >= 4 is 74.7 Å². The van der Waals surface area contributed by atoms with Crippen molar-refractivity contribution < 1.29 is 16.8 Å². The fraction of sp³-hybridized carbons (Fsp3) is 0.538. The van der Waals surface area contributed by atoms with E-state index < -0.39 is 31.1 Å². The van der Waals surface area contributed by atoms with Crippen LogP contribution in [0.15, 0.2) is 48.5 Å². The summed E-state index contributed by atoms with van der Waals surface area (Å²) in [6.07, 6.45) is 2.46. The summed E-state index contributed by atoms with van der Waals surface area (Å²) in [5.74, 6) is 0. The number of sulfonamides is 2. The predicted octanol–water partition coefficient (Wildman–Crippen LogP) is 7.93. The Morgan fingerprint density at radius 3 is 1.18 bits per heavy atom. The standard InChI is InChI=1S/C26H38Cl2N2O4S5/c1-9-29(38(7,31)32)25(3,4)23(19-11-15-21(27)16-12-19)35-37-36-24(20-13-17-22(28)18-14-20)26(5,6)30(10-2)39(8,33)34/h11-18,23-24H,9-10H2,1-8H3. The molecule has 0 aliphatic rings. The van der Waals surface area contributed by atoms with E-state index in [-0.39, 0.29) is 10.5 Å². The first-order chi connectivity index (χ1) is 17.9. The summed E-state index contributed by atoms with van der Waals surface area (Å²) < 4.78 is 54.0. The smallest absolute Gasteiger partial charge is 0.211 e. The fourth-order valence-electron chi connectivity index (χ4n) is 4.94. The molecule has 2 aromatic carbocycles. The zero-order valence-corrected chi connectivity index (χ0v) is 29.1. The highest BCUT2D eigenvalue weighted by Gasteiger charge is 2.43. The third kappa shape index (κ3) is 8.94. The van der Waals surface area contributed by atoms with Crippen LogP contribution < -0.4 is 0 Å². The third-order valence-electron chi connectivity index (χ3n) is 6.56. The van der Waals surface area contributed by atoms with Gasteiger partial charge in [0.25, 0.3) is 0 Å². The Kier molecular flexibility index (Phi) is 12.5. The molecule has 2 rings (SSSR count). The van der Waals surface area contributed by atoms with E-state index >= 15 is 0 Å². The molecule has 0 heterocycles. The van der Waals surface area contributed by atoms with Crippen LogP contribution in [0.5, 0.6) is 0 Å². The van der Waals surface area contributed by atoms with Gasteiger partial charge in [-0.15, -0.1) is 0 Å². The van der Waals surface area contributed by atoms with E-state index in [1.165, 1.54) is 30.9 Å². The number of benzene rings is 2. The summed E-state index contributed by atoms with van der Waals surface area (Å²) in [4.78, 5) is 0. The van der Waals surface area contributed by atoms with Crippen LogP contribution in [0.2, 0.25) is 10.0 Å². The molecule has 220 valence electrons. The maximum atomic E-state index is 12.7. The van der Waals surface area contributed by atoms with Gasteiger partial charge in [-0.25, -0.2) is 16.8 Å². The molecule has 0 N–H and O–H groups in total. The Labute approximate surface area is 256 Å². The Balaban J connectivity index is 2.50. The van der Waals surface area contributed by atoms with E-state index in [9.17, 15) is 16.8 Å². The lowest BCUT2D eigenvalue weighted by molar-refractivity contribution is 0.232. The van der Waals surface area contributed by atoms with Gasteiger partial charge in [0.1, 0.15) is 0 Å². The minimum Gasteiger partial charge on any atom is -0.212 e. The molecule has 13 heteroatoms. The molecule has 0 saturated carbocycles. The lowest BCUT2D eigenvalue weighted by Gasteiger charge is -2.43. The quantitative estimate of drug-likeness (QED) is 0.189. The van der Waals surface area contributed by atoms with Gasteiger partial charge < -0.3 is 0 Å². The zero-order chi connectivity index (χ0) is 29.8. The van der Waals surface area contributed by atoms with E-state index in [1.807, 2.05) is 65.8 Å². The first kappa shape index (κ1) is 35.1. The summed E-state index contributed by atoms with van der Waals surface area (Å²) in [6, 6.07) is 14.9. The minimum atomic E-state index is -3.48. The van der Waals surface area contributed by atoms with Crippen LogP contribution in [-0.2, 0) is 20.0 Å². The Morgan fingerprint density at radius 2 is 0.949 bits per heavy atom. The maximum Gasteiger partial charge on any atom is 0.211 e. The molecule has 0 saturated heterocycles. The Morgan fingerprint density at radius 1 is 0.667 bits per heavy atom. The maximum absolute atomic E-state index is 12.7. The van der Waals surface area contributed by atoms with Crippen LogP contribution in [0.3, 0.4) is 0 Å². The zero-order valence-electron chi connectivity index (χ0n) is 23.5. The van der Waals surface area contributed by atoms with E-state index in [0.717, 1.165) is 11.1 Å². The van der Waals surface area contributed by atoms with Crippen molar-refractivity contribution in [1.29, 1.82) is 0 Å². The second-order valence-corrected chi connectivity index (χ2v) is 19.2. The number of hydrogen-bond donors (Lipinski definition) is 0. The van der Waals surface area contributed by atoms with Crippen molar-refractivity contribution in [3.05, 3.63) is 69.7 Å². The average molecular weight is 674 g/mol. The molecule has 0 aliphatic heterocycles. The first-order valence-electron chi connectivity index (χ1n) is 12.3. The molecule has 0 aromatic heterocycles. The Bertz CT molecular complexity index is 1200. The van der Waals surface area contributed by atoms with Crippen molar-refractivity contribution in [2.24, 2.45) is 0 Å². The van der Waals surface area contributed by atoms with Gasteiger partial charge in [0.2, 0.25) is 20.0 Å². The fourth-order valence-corrected chi connectivity index (χ4v) is 14.2. The first-order valence-corrected chi connectivity index (χ1v) is 20.4. The second-order valence-electron chi connectivity index (χ2n) is 10.3. The molecular formula is C26H38Cl2N2O4S5. The van der Waals surface area contributed by atoms with Crippen molar-refractivity contribution in [3.63, 3.8) is 0 Å². The third-order valence-corrected chi connectivity index (χ3v) is 15.4. The van der Waals surface area contributed by atoms with Gasteiger partial charge in [-0.05, 0) is 72.9 Å². The summed E-state index contributed by atoms with van der Waals surface area (Å²) in [7, 11) is -2.34. The van der Waals surface area contributed by atoms with Gasteiger partial charge >= 0.3 is 0 Å². The normalized spacial score (nSPS) is 15.1. The van der Waals surface area contributed by atoms with Crippen LogP contribution in [0.25, 0.3) is 0 Å².